The minimum absolute atomic E-state index is 0.302. The smallest absolute Gasteiger partial charge is 0.282 e. The molecule has 0 radical (unpaired) electrons. The van der Waals surface area contributed by atoms with E-state index in [1.165, 1.54) is 4.90 Å². The van der Waals surface area contributed by atoms with E-state index in [1.54, 1.807) is 24.3 Å². The van der Waals surface area contributed by atoms with Crippen LogP contribution in [-0.2, 0) is 9.59 Å². The Labute approximate surface area is 176 Å². The number of hydrogen-bond acceptors (Lipinski definition) is 4. The number of carbonyl (C=O) groups excluding carboxylic acids is 2. The Morgan fingerprint density at radius 2 is 1.55 bits per heavy atom. The van der Waals surface area contributed by atoms with Crippen molar-refractivity contribution in [3.05, 3.63) is 70.4 Å². The van der Waals surface area contributed by atoms with Crippen molar-refractivity contribution < 1.29 is 9.59 Å². The lowest BCUT2D eigenvalue weighted by molar-refractivity contribution is -0.120. The van der Waals surface area contributed by atoms with E-state index in [0.717, 1.165) is 30.8 Å². The van der Waals surface area contributed by atoms with Gasteiger partial charge in [0.25, 0.3) is 11.8 Å². The highest BCUT2D eigenvalue weighted by Crippen LogP contribution is 2.37. The fraction of sp³-hybridized carbons (Fsp3) is 0.304. The molecule has 4 rings (SSSR count). The number of imide groups is 1. The van der Waals surface area contributed by atoms with Crippen molar-refractivity contribution in [3.8, 4) is 0 Å². The number of nitrogens with zero attached hydrogens (tertiary/aromatic N) is 3. The monoisotopic (exact) mass is 409 g/mol. The summed E-state index contributed by atoms with van der Waals surface area (Å²) in [5.74, 6) is -0.622. The van der Waals surface area contributed by atoms with E-state index in [2.05, 4.69) is 16.7 Å². The maximum Gasteiger partial charge on any atom is 0.282 e. The standard InChI is InChI=1S/C23H24ClN3O2/c1-3-25-12-14-26(15-13-25)21-20(17-10-8-16(2)9-11-17)22(28)27(23(21)29)19-7-5-4-6-18(19)24/h4-11H,3,12-15H2,1-2H3. The first-order valence-electron chi connectivity index (χ1n) is 9.93. The Morgan fingerprint density at radius 1 is 0.897 bits per heavy atom. The molecule has 0 aromatic heterocycles. The fourth-order valence-electron chi connectivity index (χ4n) is 3.93. The molecule has 2 aromatic rings. The number of benzene rings is 2. The summed E-state index contributed by atoms with van der Waals surface area (Å²) in [4.78, 5) is 32.6. The summed E-state index contributed by atoms with van der Waals surface area (Å²) in [6, 6.07) is 14.7. The van der Waals surface area contributed by atoms with E-state index in [-0.39, 0.29) is 11.8 Å². The largest absolute Gasteiger partial charge is 0.364 e. The van der Waals surface area contributed by atoms with Crippen LogP contribution in [0, 0.1) is 6.92 Å². The van der Waals surface area contributed by atoms with Crippen LogP contribution >= 0.6 is 11.6 Å². The molecule has 0 bridgehead atoms. The number of hydrogen-bond donors (Lipinski definition) is 0. The minimum atomic E-state index is -0.320. The topological polar surface area (TPSA) is 43.9 Å². The first-order valence-corrected chi connectivity index (χ1v) is 10.3. The zero-order valence-electron chi connectivity index (χ0n) is 16.7. The van der Waals surface area contributed by atoms with Crippen LogP contribution in [0.5, 0.6) is 0 Å². The zero-order chi connectivity index (χ0) is 20.5. The highest BCUT2D eigenvalue weighted by molar-refractivity contribution is 6.47. The zero-order valence-corrected chi connectivity index (χ0v) is 17.4. The van der Waals surface area contributed by atoms with E-state index in [0.29, 0.717) is 35.1 Å². The maximum absolute atomic E-state index is 13.5. The summed E-state index contributed by atoms with van der Waals surface area (Å²) in [5.41, 5.74) is 3.23. The Kier molecular flexibility index (Phi) is 5.43. The van der Waals surface area contributed by atoms with Crippen LogP contribution < -0.4 is 4.90 Å². The molecular formula is C23H24ClN3O2. The summed E-state index contributed by atoms with van der Waals surface area (Å²) in [7, 11) is 0. The van der Waals surface area contributed by atoms with Crippen LogP contribution in [0.3, 0.4) is 0 Å². The first-order chi connectivity index (χ1) is 14.0. The Balaban J connectivity index is 1.79. The van der Waals surface area contributed by atoms with Crippen LogP contribution in [0.1, 0.15) is 18.1 Å². The number of amides is 2. The van der Waals surface area contributed by atoms with Crippen molar-refractivity contribution in [1.29, 1.82) is 0 Å². The van der Waals surface area contributed by atoms with Gasteiger partial charge in [0.05, 0.1) is 16.3 Å². The SMILES string of the molecule is CCN1CCN(C2=C(c3ccc(C)cc3)C(=O)N(c3ccccc3Cl)C2=O)CC1. The predicted octanol–water partition coefficient (Wildman–Crippen LogP) is 3.57. The molecule has 0 aliphatic carbocycles. The van der Waals surface area contributed by atoms with Crippen molar-refractivity contribution in [1.82, 2.24) is 9.80 Å². The summed E-state index contributed by atoms with van der Waals surface area (Å²) in [6.07, 6.45) is 0. The van der Waals surface area contributed by atoms with Gasteiger partial charge in [-0.3, -0.25) is 9.59 Å². The second kappa shape index (κ2) is 8.01. The highest BCUT2D eigenvalue weighted by Gasteiger charge is 2.43. The van der Waals surface area contributed by atoms with Crippen molar-refractivity contribution in [2.75, 3.05) is 37.6 Å². The maximum atomic E-state index is 13.5. The van der Waals surface area contributed by atoms with Gasteiger partial charge in [-0.15, -0.1) is 0 Å². The van der Waals surface area contributed by atoms with Crippen molar-refractivity contribution in [2.24, 2.45) is 0 Å². The van der Waals surface area contributed by atoms with Crippen molar-refractivity contribution in [3.63, 3.8) is 0 Å². The second-order valence-electron chi connectivity index (χ2n) is 7.41. The Morgan fingerprint density at radius 3 is 2.17 bits per heavy atom. The van der Waals surface area contributed by atoms with Crippen LogP contribution in [0.2, 0.25) is 5.02 Å². The van der Waals surface area contributed by atoms with Crippen LogP contribution in [0.15, 0.2) is 54.2 Å². The lowest BCUT2D eigenvalue weighted by Gasteiger charge is -2.36. The van der Waals surface area contributed by atoms with Gasteiger partial charge in [0.1, 0.15) is 5.70 Å². The Bertz CT molecular complexity index is 976. The van der Waals surface area contributed by atoms with Gasteiger partial charge in [-0.2, -0.15) is 0 Å². The normalized spacial score (nSPS) is 18.2. The van der Waals surface area contributed by atoms with Gasteiger partial charge in [0.2, 0.25) is 0 Å². The predicted molar refractivity (Wildman–Crippen MR) is 116 cm³/mol. The molecule has 1 fully saturated rings. The number of rotatable bonds is 4. The van der Waals surface area contributed by atoms with Gasteiger partial charge >= 0.3 is 0 Å². The molecular weight excluding hydrogens is 386 g/mol. The Hall–Kier alpha value is -2.63. The van der Waals surface area contributed by atoms with E-state index >= 15 is 0 Å². The summed E-state index contributed by atoms with van der Waals surface area (Å²) in [5, 5.41) is 0.384. The van der Waals surface area contributed by atoms with E-state index < -0.39 is 0 Å². The third kappa shape index (κ3) is 3.56. The molecule has 0 spiro atoms. The number of piperazine rings is 1. The highest BCUT2D eigenvalue weighted by atomic mass is 35.5. The fourth-order valence-corrected chi connectivity index (χ4v) is 4.15. The summed E-state index contributed by atoms with van der Waals surface area (Å²) >= 11 is 6.34. The molecule has 0 saturated carbocycles. The molecule has 150 valence electrons. The third-order valence-electron chi connectivity index (χ3n) is 5.63. The van der Waals surface area contributed by atoms with Gasteiger partial charge in [-0.05, 0) is 31.2 Å². The first kappa shape index (κ1) is 19.7. The summed E-state index contributed by atoms with van der Waals surface area (Å²) in [6.45, 7) is 8.29. The molecule has 2 aliphatic rings. The number of para-hydroxylation sites is 1. The molecule has 1 saturated heterocycles. The molecule has 6 heteroatoms. The average molecular weight is 410 g/mol. The lowest BCUT2D eigenvalue weighted by atomic mass is 10.0. The molecule has 2 heterocycles. The van der Waals surface area contributed by atoms with Crippen molar-refractivity contribution >= 4 is 34.7 Å². The third-order valence-corrected chi connectivity index (χ3v) is 5.95. The molecule has 2 aromatic carbocycles. The molecule has 5 nitrogen and oxygen atoms in total. The second-order valence-corrected chi connectivity index (χ2v) is 7.82. The minimum Gasteiger partial charge on any atom is -0.364 e. The quantitative estimate of drug-likeness (QED) is 0.724. The summed E-state index contributed by atoms with van der Waals surface area (Å²) < 4.78 is 0. The van der Waals surface area contributed by atoms with Gasteiger partial charge in [0, 0.05) is 26.2 Å². The van der Waals surface area contributed by atoms with Crippen LogP contribution in [-0.4, -0.2) is 54.3 Å². The molecule has 0 N–H and O–H groups in total. The van der Waals surface area contributed by atoms with E-state index in [9.17, 15) is 9.59 Å². The van der Waals surface area contributed by atoms with Gasteiger partial charge < -0.3 is 9.80 Å². The number of likely N-dealkylation sites (N-methyl/N-ethyl adjacent to an activating group) is 1. The van der Waals surface area contributed by atoms with Gasteiger partial charge in [-0.1, -0.05) is 60.5 Å². The average Bonchev–Trinajstić information content (AvgIpc) is 2.99. The van der Waals surface area contributed by atoms with E-state index in [1.807, 2.05) is 31.2 Å². The molecule has 29 heavy (non-hydrogen) atoms. The van der Waals surface area contributed by atoms with Crippen molar-refractivity contribution in [2.45, 2.75) is 13.8 Å². The molecule has 2 aliphatic heterocycles. The van der Waals surface area contributed by atoms with Crippen LogP contribution in [0.25, 0.3) is 5.57 Å². The lowest BCUT2D eigenvalue weighted by Crippen LogP contribution is -2.47. The van der Waals surface area contributed by atoms with Crippen LogP contribution in [0.4, 0.5) is 5.69 Å². The molecule has 2 amide bonds. The number of halogens is 1. The van der Waals surface area contributed by atoms with Gasteiger partial charge in [-0.25, -0.2) is 4.90 Å². The number of aryl methyl sites for hydroxylation is 1. The number of anilines is 1. The molecule has 0 atom stereocenters. The van der Waals surface area contributed by atoms with Gasteiger partial charge in [0.15, 0.2) is 0 Å². The number of carbonyl (C=O) groups is 2. The molecule has 0 unspecified atom stereocenters. The van der Waals surface area contributed by atoms with E-state index in [4.69, 9.17) is 11.6 Å².